The average Bonchev–Trinajstić information content (AvgIpc) is 2.84. The topological polar surface area (TPSA) is 61.7 Å². The van der Waals surface area contributed by atoms with E-state index in [2.05, 4.69) is 10.3 Å². The Hall–Kier alpha value is -2.11. The minimum atomic E-state index is -1.44. The van der Waals surface area contributed by atoms with E-state index in [0.717, 1.165) is 5.04 Å². The first-order valence-corrected chi connectivity index (χ1v) is 7.84. The molecule has 1 amide bonds. The molecule has 4 nitrogen and oxygen atoms in total. The van der Waals surface area contributed by atoms with Gasteiger partial charge in [-0.1, -0.05) is 60.3 Å². The van der Waals surface area contributed by atoms with E-state index >= 15 is 0 Å². The van der Waals surface area contributed by atoms with E-state index in [0.29, 0.717) is 11.1 Å². The van der Waals surface area contributed by atoms with Gasteiger partial charge < -0.3 is 10.4 Å². The zero-order valence-electron chi connectivity index (χ0n) is 12.1. The van der Waals surface area contributed by atoms with Crippen molar-refractivity contribution in [3.63, 3.8) is 0 Å². The second-order valence-corrected chi connectivity index (χ2v) is 6.36. The van der Waals surface area contributed by atoms with Gasteiger partial charge in [0.1, 0.15) is 5.37 Å². The quantitative estimate of drug-likeness (QED) is 0.916. The first kappa shape index (κ1) is 14.8. The number of nitrogens with one attached hydrogen (secondary N) is 1. The van der Waals surface area contributed by atoms with Gasteiger partial charge in [0.2, 0.25) is 5.72 Å². The van der Waals surface area contributed by atoms with Crippen LogP contribution < -0.4 is 5.32 Å². The highest BCUT2D eigenvalue weighted by atomic mass is 32.2. The van der Waals surface area contributed by atoms with Crippen molar-refractivity contribution in [3.05, 3.63) is 71.8 Å². The number of hydrogen-bond acceptors (Lipinski definition) is 4. The molecule has 0 bridgehead atoms. The largest absolute Gasteiger partial charge is 0.363 e. The van der Waals surface area contributed by atoms with Crippen molar-refractivity contribution >= 4 is 22.7 Å². The van der Waals surface area contributed by atoms with Crippen molar-refractivity contribution in [2.24, 2.45) is 4.99 Å². The van der Waals surface area contributed by atoms with Crippen LogP contribution in [0.4, 0.5) is 0 Å². The molecule has 0 saturated heterocycles. The maximum Gasteiger partial charge on any atom is 0.252 e. The summed E-state index contributed by atoms with van der Waals surface area (Å²) in [6, 6.07) is 18.1. The monoisotopic (exact) mass is 312 g/mol. The molecule has 1 aliphatic heterocycles. The van der Waals surface area contributed by atoms with E-state index in [9.17, 15) is 9.90 Å². The van der Waals surface area contributed by atoms with Crippen LogP contribution in [0.15, 0.2) is 65.7 Å². The van der Waals surface area contributed by atoms with Crippen molar-refractivity contribution in [1.82, 2.24) is 5.32 Å². The van der Waals surface area contributed by atoms with E-state index in [1.165, 1.54) is 11.8 Å². The Labute approximate surface area is 133 Å². The van der Waals surface area contributed by atoms with E-state index < -0.39 is 11.1 Å². The molecular weight excluding hydrogens is 296 g/mol. The Bertz CT molecular complexity index is 703. The minimum Gasteiger partial charge on any atom is -0.363 e. The summed E-state index contributed by atoms with van der Waals surface area (Å²) in [6.45, 7) is 1.83. The molecule has 2 atom stereocenters. The minimum absolute atomic E-state index is 0.225. The third kappa shape index (κ3) is 2.77. The molecule has 22 heavy (non-hydrogen) atoms. The van der Waals surface area contributed by atoms with Crippen LogP contribution in [0.3, 0.4) is 0 Å². The molecule has 2 N–H and O–H groups in total. The predicted octanol–water partition coefficient (Wildman–Crippen LogP) is 2.75. The summed E-state index contributed by atoms with van der Waals surface area (Å²) in [5, 5.41) is 14.0. The van der Waals surface area contributed by atoms with Crippen molar-refractivity contribution < 1.29 is 9.90 Å². The molecule has 5 heteroatoms. The molecule has 0 spiro atoms. The summed E-state index contributed by atoms with van der Waals surface area (Å²) in [4.78, 5) is 16.7. The van der Waals surface area contributed by atoms with Crippen molar-refractivity contribution in [3.8, 4) is 0 Å². The molecule has 0 unspecified atom stereocenters. The molecule has 2 aromatic carbocycles. The molecule has 0 radical (unpaired) electrons. The zero-order valence-corrected chi connectivity index (χ0v) is 12.9. The van der Waals surface area contributed by atoms with Crippen molar-refractivity contribution in [2.75, 3.05) is 0 Å². The zero-order chi connectivity index (χ0) is 15.6. The fraction of sp³-hybridized carbons (Fsp3) is 0.176. The molecule has 112 valence electrons. The Kier molecular flexibility index (Phi) is 4.00. The Morgan fingerprint density at radius 1 is 1.14 bits per heavy atom. The van der Waals surface area contributed by atoms with Gasteiger partial charge >= 0.3 is 0 Å². The molecular formula is C17H16N2O2S. The Balaban J connectivity index is 1.86. The molecule has 2 aromatic rings. The average molecular weight is 312 g/mol. The summed E-state index contributed by atoms with van der Waals surface area (Å²) < 4.78 is 0. The van der Waals surface area contributed by atoms with E-state index in [4.69, 9.17) is 0 Å². The summed E-state index contributed by atoms with van der Waals surface area (Å²) in [7, 11) is 0. The predicted molar refractivity (Wildman–Crippen MR) is 88.7 cm³/mol. The van der Waals surface area contributed by atoms with Gasteiger partial charge in [-0.2, -0.15) is 0 Å². The fourth-order valence-corrected chi connectivity index (χ4v) is 3.45. The molecule has 0 aliphatic carbocycles. The number of carbonyl (C=O) groups is 1. The lowest BCUT2D eigenvalue weighted by atomic mass is 10.0. The summed E-state index contributed by atoms with van der Waals surface area (Å²) in [5.41, 5.74) is -0.221. The number of hydrogen-bond donors (Lipinski definition) is 2. The Morgan fingerprint density at radius 3 is 2.36 bits per heavy atom. The number of aliphatic hydroxyl groups is 1. The van der Waals surface area contributed by atoms with Crippen LogP contribution in [-0.4, -0.2) is 21.4 Å². The second-order valence-electron chi connectivity index (χ2n) is 5.06. The maximum absolute atomic E-state index is 12.3. The number of benzene rings is 2. The number of carbonyl (C=O) groups excluding carboxylic acids is 1. The standard InChI is InChI=1S/C17H16N2O2S/c1-12-19-17(21,14-10-6-3-7-11-14)16(22-12)18-15(20)13-8-4-2-5-9-13/h2-11,16,21H,1H3,(H,18,20)/t16-,17+/m0/s1. The third-order valence-electron chi connectivity index (χ3n) is 3.48. The highest BCUT2D eigenvalue weighted by Gasteiger charge is 2.44. The summed E-state index contributed by atoms with van der Waals surface area (Å²) >= 11 is 1.36. The van der Waals surface area contributed by atoms with Crippen molar-refractivity contribution in [2.45, 2.75) is 18.0 Å². The lowest BCUT2D eigenvalue weighted by Gasteiger charge is -2.28. The normalized spacial score (nSPS) is 23.9. The lowest BCUT2D eigenvalue weighted by Crippen LogP contribution is -2.45. The van der Waals surface area contributed by atoms with Crippen LogP contribution in [-0.2, 0) is 5.72 Å². The van der Waals surface area contributed by atoms with Gasteiger partial charge in [0.25, 0.3) is 5.91 Å². The van der Waals surface area contributed by atoms with Crippen LogP contribution in [0.1, 0.15) is 22.8 Å². The van der Waals surface area contributed by atoms with Crippen LogP contribution in [0.5, 0.6) is 0 Å². The number of amides is 1. The van der Waals surface area contributed by atoms with E-state index in [-0.39, 0.29) is 5.91 Å². The highest BCUT2D eigenvalue weighted by molar-refractivity contribution is 8.14. The van der Waals surface area contributed by atoms with Gasteiger partial charge in [-0.05, 0) is 19.1 Å². The van der Waals surface area contributed by atoms with Gasteiger partial charge in [-0.25, -0.2) is 4.99 Å². The molecule has 1 aliphatic rings. The van der Waals surface area contributed by atoms with Crippen LogP contribution in [0.25, 0.3) is 0 Å². The molecule has 0 aromatic heterocycles. The molecule has 0 fully saturated rings. The van der Waals surface area contributed by atoms with Gasteiger partial charge in [-0.3, -0.25) is 4.79 Å². The SMILES string of the molecule is CC1=N[C@@](O)(c2ccccc2)[C@@H](NC(=O)c2ccccc2)S1. The summed E-state index contributed by atoms with van der Waals surface area (Å²) in [6.07, 6.45) is 0. The third-order valence-corrected chi connectivity index (χ3v) is 4.59. The number of rotatable bonds is 3. The molecule has 0 saturated carbocycles. The van der Waals surface area contributed by atoms with Gasteiger partial charge in [0.15, 0.2) is 0 Å². The van der Waals surface area contributed by atoms with Crippen LogP contribution >= 0.6 is 11.8 Å². The smallest absolute Gasteiger partial charge is 0.252 e. The maximum atomic E-state index is 12.3. The number of nitrogens with zero attached hydrogens (tertiary/aromatic N) is 1. The van der Waals surface area contributed by atoms with Crippen LogP contribution in [0, 0.1) is 0 Å². The first-order valence-electron chi connectivity index (χ1n) is 6.96. The number of aliphatic imine (C=N–C) groups is 1. The fourth-order valence-electron chi connectivity index (χ4n) is 2.40. The summed E-state index contributed by atoms with van der Waals surface area (Å²) in [5.74, 6) is -0.225. The Morgan fingerprint density at radius 2 is 1.73 bits per heavy atom. The molecule has 1 heterocycles. The molecule has 3 rings (SSSR count). The van der Waals surface area contributed by atoms with Gasteiger partial charge in [-0.15, -0.1) is 0 Å². The highest BCUT2D eigenvalue weighted by Crippen LogP contribution is 2.39. The first-order chi connectivity index (χ1) is 10.6. The van der Waals surface area contributed by atoms with Crippen LogP contribution in [0.2, 0.25) is 0 Å². The van der Waals surface area contributed by atoms with Gasteiger partial charge in [0.05, 0.1) is 5.04 Å². The second kappa shape index (κ2) is 5.94. The van der Waals surface area contributed by atoms with Gasteiger partial charge in [0, 0.05) is 11.1 Å². The van der Waals surface area contributed by atoms with Crippen molar-refractivity contribution in [1.29, 1.82) is 0 Å². The number of thioether (sulfide) groups is 1. The van der Waals surface area contributed by atoms with E-state index in [1.54, 1.807) is 12.1 Å². The van der Waals surface area contributed by atoms with E-state index in [1.807, 2.05) is 55.5 Å². The lowest BCUT2D eigenvalue weighted by molar-refractivity contribution is 0.0361.